The number of hydrogen-bond acceptors (Lipinski definition) is 4. The first-order valence-electron chi connectivity index (χ1n) is 7.25. The van der Waals surface area contributed by atoms with Gasteiger partial charge in [-0.2, -0.15) is 0 Å². The van der Waals surface area contributed by atoms with Gasteiger partial charge in [-0.25, -0.2) is 0 Å². The summed E-state index contributed by atoms with van der Waals surface area (Å²) in [6.07, 6.45) is 3.89. The third-order valence-corrected chi connectivity index (χ3v) is 3.50. The molecule has 0 amide bonds. The van der Waals surface area contributed by atoms with Gasteiger partial charge >= 0.3 is 0 Å². The molecule has 1 fully saturated rings. The fourth-order valence-electron chi connectivity index (χ4n) is 2.30. The van der Waals surface area contributed by atoms with Crippen LogP contribution in [-0.4, -0.2) is 32.3 Å². The first-order chi connectivity index (χ1) is 9.43. The van der Waals surface area contributed by atoms with Crippen molar-refractivity contribution in [2.75, 3.05) is 26.3 Å². The molecule has 0 unspecified atom stereocenters. The van der Waals surface area contributed by atoms with E-state index in [0.29, 0.717) is 13.2 Å². The second-order valence-corrected chi connectivity index (χ2v) is 5.20. The van der Waals surface area contributed by atoms with Crippen LogP contribution in [0.1, 0.15) is 24.8 Å². The standard InChI is InChI=1S/C15H22N2O2/c1-3-12(15-14(4-1)18-9-10-19-15)11-16-7-2-8-17-13-5-6-13/h1,3-4,13,16-17H,2,5-11H2. The summed E-state index contributed by atoms with van der Waals surface area (Å²) in [4.78, 5) is 0. The molecule has 1 aliphatic heterocycles. The Kier molecular flexibility index (Phi) is 4.20. The van der Waals surface area contributed by atoms with Crippen LogP contribution >= 0.6 is 0 Å². The van der Waals surface area contributed by atoms with E-state index in [0.717, 1.165) is 37.2 Å². The van der Waals surface area contributed by atoms with Crippen LogP contribution in [0.2, 0.25) is 0 Å². The lowest BCUT2D eigenvalue weighted by molar-refractivity contribution is 0.169. The summed E-state index contributed by atoms with van der Waals surface area (Å²) in [7, 11) is 0. The number of benzene rings is 1. The van der Waals surface area contributed by atoms with Crippen molar-refractivity contribution in [3.8, 4) is 11.5 Å². The Morgan fingerprint density at radius 3 is 2.89 bits per heavy atom. The average Bonchev–Trinajstić information content (AvgIpc) is 3.27. The van der Waals surface area contributed by atoms with Gasteiger partial charge in [0.1, 0.15) is 13.2 Å². The molecule has 0 saturated heterocycles. The van der Waals surface area contributed by atoms with Crippen LogP contribution in [0.25, 0.3) is 0 Å². The highest BCUT2D eigenvalue weighted by molar-refractivity contribution is 5.47. The average molecular weight is 262 g/mol. The lowest BCUT2D eigenvalue weighted by atomic mass is 10.1. The van der Waals surface area contributed by atoms with Gasteiger partial charge in [-0.1, -0.05) is 12.1 Å². The summed E-state index contributed by atoms with van der Waals surface area (Å²) in [5.74, 6) is 1.79. The second kappa shape index (κ2) is 6.26. The van der Waals surface area contributed by atoms with E-state index in [-0.39, 0.29) is 0 Å². The Bertz CT molecular complexity index is 419. The number of fused-ring (bicyclic) bond motifs is 1. The van der Waals surface area contributed by atoms with Crippen LogP contribution in [0.4, 0.5) is 0 Å². The Hall–Kier alpha value is -1.26. The minimum absolute atomic E-state index is 0.648. The zero-order chi connectivity index (χ0) is 12.9. The van der Waals surface area contributed by atoms with Gasteiger partial charge in [0.15, 0.2) is 11.5 Å². The maximum Gasteiger partial charge on any atom is 0.165 e. The van der Waals surface area contributed by atoms with Crippen LogP contribution in [0.15, 0.2) is 18.2 Å². The lowest BCUT2D eigenvalue weighted by Gasteiger charge is -2.21. The zero-order valence-electron chi connectivity index (χ0n) is 11.3. The van der Waals surface area contributed by atoms with Gasteiger partial charge in [0.05, 0.1) is 0 Å². The van der Waals surface area contributed by atoms with E-state index in [1.54, 1.807) is 0 Å². The van der Waals surface area contributed by atoms with Gasteiger partial charge in [-0.15, -0.1) is 0 Å². The number of para-hydroxylation sites is 1. The van der Waals surface area contributed by atoms with Crippen molar-refractivity contribution >= 4 is 0 Å². The quantitative estimate of drug-likeness (QED) is 0.734. The lowest BCUT2D eigenvalue weighted by Crippen LogP contribution is -2.23. The summed E-state index contributed by atoms with van der Waals surface area (Å²) in [6.45, 7) is 4.29. The molecule has 0 spiro atoms. The fourth-order valence-corrected chi connectivity index (χ4v) is 2.30. The fraction of sp³-hybridized carbons (Fsp3) is 0.600. The molecule has 0 aromatic heterocycles. The van der Waals surface area contributed by atoms with Crippen LogP contribution in [-0.2, 0) is 6.54 Å². The van der Waals surface area contributed by atoms with Gasteiger partial charge in [0.2, 0.25) is 0 Å². The SMILES string of the molecule is c1cc(CNCCCNC2CC2)c2c(c1)OCCO2. The molecular formula is C15H22N2O2. The highest BCUT2D eigenvalue weighted by Crippen LogP contribution is 2.33. The molecule has 1 aromatic carbocycles. The minimum atomic E-state index is 0.648. The van der Waals surface area contributed by atoms with Crippen LogP contribution in [0, 0.1) is 0 Å². The number of hydrogen-bond donors (Lipinski definition) is 2. The normalized spacial score (nSPS) is 17.5. The Balaban J connectivity index is 1.41. The molecule has 4 heteroatoms. The van der Waals surface area contributed by atoms with Crippen molar-refractivity contribution in [3.05, 3.63) is 23.8 Å². The molecule has 0 radical (unpaired) electrons. The van der Waals surface area contributed by atoms with Gasteiger partial charge in [0, 0.05) is 18.2 Å². The smallest absolute Gasteiger partial charge is 0.165 e. The number of rotatable bonds is 7. The van der Waals surface area contributed by atoms with E-state index >= 15 is 0 Å². The van der Waals surface area contributed by atoms with Crippen LogP contribution < -0.4 is 20.1 Å². The molecule has 1 saturated carbocycles. The zero-order valence-corrected chi connectivity index (χ0v) is 11.3. The third-order valence-electron chi connectivity index (χ3n) is 3.50. The molecule has 1 heterocycles. The van der Waals surface area contributed by atoms with Crippen LogP contribution in [0.3, 0.4) is 0 Å². The van der Waals surface area contributed by atoms with Gasteiger partial charge in [-0.05, 0) is 38.4 Å². The maximum absolute atomic E-state index is 5.70. The number of nitrogens with one attached hydrogen (secondary N) is 2. The highest BCUT2D eigenvalue weighted by atomic mass is 16.6. The summed E-state index contributed by atoms with van der Waals surface area (Å²) < 4.78 is 11.3. The van der Waals surface area contributed by atoms with Gasteiger partial charge in [0.25, 0.3) is 0 Å². The Morgan fingerprint density at radius 1 is 1.11 bits per heavy atom. The predicted molar refractivity (Wildman–Crippen MR) is 74.8 cm³/mol. The van der Waals surface area contributed by atoms with E-state index in [1.807, 2.05) is 12.1 Å². The first kappa shape index (κ1) is 12.8. The van der Waals surface area contributed by atoms with Crippen molar-refractivity contribution in [1.82, 2.24) is 10.6 Å². The molecule has 3 rings (SSSR count). The van der Waals surface area contributed by atoms with Crippen LogP contribution in [0.5, 0.6) is 11.5 Å². The molecule has 4 nitrogen and oxygen atoms in total. The van der Waals surface area contributed by atoms with E-state index in [4.69, 9.17) is 9.47 Å². The van der Waals surface area contributed by atoms with Crippen molar-refractivity contribution in [2.45, 2.75) is 31.8 Å². The number of ether oxygens (including phenoxy) is 2. The largest absolute Gasteiger partial charge is 0.486 e. The Labute approximate surface area is 114 Å². The third kappa shape index (κ3) is 3.61. The molecule has 19 heavy (non-hydrogen) atoms. The van der Waals surface area contributed by atoms with Crippen molar-refractivity contribution < 1.29 is 9.47 Å². The monoisotopic (exact) mass is 262 g/mol. The maximum atomic E-state index is 5.70. The van der Waals surface area contributed by atoms with E-state index < -0.39 is 0 Å². The van der Waals surface area contributed by atoms with E-state index in [2.05, 4.69) is 16.7 Å². The second-order valence-electron chi connectivity index (χ2n) is 5.20. The summed E-state index contributed by atoms with van der Waals surface area (Å²) >= 11 is 0. The van der Waals surface area contributed by atoms with E-state index in [1.165, 1.54) is 24.8 Å². The van der Waals surface area contributed by atoms with Crippen molar-refractivity contribution in [1.29, 1.82) is 0 Å². The molecule has 1 aliphatic carbocycles. The molecule has 0 bridgehead atoms. The first-order valence-corrected chi connectivity index (χ1v) is 7.25. The van der Waals surface area contributed by atoms with Crippen molar-refractivity contribution in [3.63, 3.8) is 0 Å². The molecular weight excluding hydrogens is 240 g/mol. The minimum Gasteiger partial charge on any atom is -0.486 e. The molecule has 0 atom stereocenters. The summed E-state index contributed by atoms with van der Waals surface area (Å²) in [5, 5.41) is 6.99. The Morgan fingerprint density at radius 2 is 2.00 bits per heavy atom. The predicted octanol–water partition coefficient (Wildman–Crippen LogP) is 1.69. The van der Waals surface area contributed by atoms with Gasteiger partial charge < -0.3 is 20.1 Å². The van der Waals surface area contributed by atoms with Crippen molar-refractivity contribution in [2.24, 2.45) is 0 Å². The molecule has 2 N–H and O–H groups in total. The summed E-state index contributed by atoms with van der Waals surface area (Å²) in [5.41, 5.74) is 1.19. The summed E-state index contributed by atoms with van der Waals surface area (Å²) in [6, 6.07) is 6.91. The molecule has 1 aromatic rings. The molecule has 104 valence electrons. The highest BCUT2D eigenvalue weighted by Gasteiger charge is 2.19. The molecule has 2 aliphatic rings. The van der Waals surface area contributed by atoms with E-state index in [9.17, 15) is 0 Å². The topological polar surface area (TPSA) is 42.5 Å². The van der Waals surface area contributed by atoms with Gasteiger partial charge in [-0.3, -0.25) is 0 Å².